The van der Waals surface area contributed by atoms with Crippen LogP contribution < -0.4 is 0 Å². The normalized spacial score (nSPS) is 21.7. The fourth-order valence-corrected chi connectivity index (χ4v) is 9.67. The van der Waals surface area contributed by atoms with Gasteiger partial charge in [-0.1, -0.05) is 113 Å². The van der Waals surface area contributed by atoms with E-state index in [0.29, 0.717) is 12.4 Å². The molecular weight excluding hydrogens is 625 g/mol. The molecule has 2 atom stereocenters. The number of rotatable bonds is 0. The fraction of sp³-hybridized carbons (Fsp3) is 0.250. The molecule has 0 saturated carbocycles. The Morgan fingerprint density at radius 3 is 2.24 bits per heavy atom. The molecule has 0 radical (unpaired) electrons. The second kappa shape index (κ2) is 13.3. The predicted octanol–water partition coefficient (Wildman–Crippen LogP) is 10.7. The van der Waals surface area contributed by atoms with Crippen molar-refractivity contribution >= 4 is 65.7 Å². The first-order chi connectivity index (χ1) is 22.3. The first kappa shape index (κ1) is 31.6. The van der Waals surface area contributed by atoms with Gasteiger partial charge in [-0.25, -0.2) is 0 Å². The number of hydrogen-bond acceptors (Lipinski definition) is 6. The zero-order valence-electron chi connectivity index (χ0n) is 26.2. The summed E-state index contributed by atoms with van der Waals surface area (Å²) in [5, 5.41) is 30.4. The Labute approximate surface area is 283 Å². The van der Waals surface area contributed by atoms with E-state index in [1.165, 1.54) is 21.9 Å². The maximum absolute atomic E-state index is 11.9. The van der Waals surface area contributed by atoms with Crippen molar-refractivity contribution < 1.29 is 14.9 Å². The maximum atomic E-state index is 11.9. The van der Waals surface area contributed by atoms with Crippen LogP contribution in [0.1, 0.15) is 54.5 Å². The number of fused-ring (bicyclic) bond motifs is 5. The van der Waals surface area contributed by atoms with Crippen LogP contribution in [0.2, 0.25) is 0 Å². The minimum Gasteiger partial charge on any atom is -0.376 e. The Morgan fingerprint density at radius 1 is 0.630 bits per heavy atom. The van der Waals surface area contributed by atoms with Crippen LogP contribution in [0.3, 0.4) is 0 Å². The van der Waals surface area contributed by atoms with Crippen LogP contribution in [0.15, 0.2) is 114 Å². The molecule has 0 aliphatic carbocycles. The van der Waals surface area contributed by atoms with E-state index in [2.05, 4.69) is 91.0 Å². The third kappa shape index (κ3) is 6.57. The van der Waals surface area contributed by atoms with E-state index in [1.807, 2.05) is 25.1 Å². The Morgan fingerprint density at radius 2 is 1.37 bits per heavy atom. The second-order valence-corrected chi connectivity index (χ2v) is 16.1. The van der Waals surface area contributed by atoms with Gasteiger partial charge in [-0.3, -0.25) is 0 Å². The number of benzene rings is 6. The smallest absolute Gasteiger partial charge is 0.189 e. The Balaban J connectivity index is 1.27. The minimum absolute atomic E-state index is 0.473. The molecule has 2 N–H and O–H groups in total. The molecule has 0 amide bonds. The predicted molar refractivity (Wildman–Crippen MR) is 198 cm³/mol. The fourth-order valence-electron chi connectivity index (χ4n) is 6.56. The molecule has 1 heterocycles. The van der Waals surface area contributed by atoms with Crippen LogP contribution in [-0.4, -0.2) is 16.8 Å². The summed E-state index contributed by atoms with van der Waals surface area (Å²) in [6.45, 7) is 4.17. The van der Waals surface area contributed by atoms with Crippen molar-refractivity contribution in [1.82, 2.24) is 0 Å². The highest BCUT2D eigenvalue weighted by Crippen LogP contribution is 2.43. The molecule has 6 heteroatoms. The zero-order valence-corrected chi connectivity index (χ0v) is 28.6. The van der Waals surface area contributed by atoms with Gasteiger partial charge in [0.05, 0.1) is 6.61 Å². The maximum Gasteiger partial charge on any atom is 0.189 e. The molecule has 0 spiro atoms. The van der Waals surface area contributed by atoms with E-state index in [9.17, 15) is 10.2 Å². The van der Waals surface area contributed by atoms with Crippen molar-refractivity contribution in [2.45, 2.75) is 60.2 Å². The van der Waals surface area contributed by atoms with Crippen LogP contribution in [0.5, 0.6) is 0 Å². The van der Waals surface area contributed by atoms with Crippen LogP contribution >= 0.6 is 33.3 Å². The highest BCUT2D eigenvalue weighted by molar-refractivity contribution is 8.76. The summed E-state index contributed by atoms with van der Waals surface area (Å²) >= 11 is 1.58. The molecule has 0 saturated heterocycles. The average Bonchev–Trinajstić information content (AvgIpc) is 3.06. The van der Waals surface area contributed by atoms with Gasteiger partial charge < -0.3 is 14.9 Å². The molecule has 3 nitrogen and oxygen atoms in total. The van der Waals surface area contributed by atoms with Crippen molar-refractivity contribution in [3.8, 4) is 0 Å². The quantitative estimate of drug-likeness (QED) is 0.158. The first-order valence-corrected chi connectivity index (χ1v) is 19.2. The van der Waals surface area contributed by atoms with E-state index >= 15 is 0 Å². The average molecular weight is 663 g/mol. The van der Waals surface area contributed by atoms with Gasteiger partial charge in [0, 0.05) is 27.5 Å². The summed E-state index contributed by atoms with van der Waals surface area (Å²) in [6, 6.07) is 38.4. The summed E-state index contributed by atoms with van der Waals surface area (Å²) in [7, 11) is 3.51. The summed E-state index contributed by atoms with van der Waals surface area (Å²) in [5.74, 6) is 0.0698. The van der Waals surface area contributed by atoms with Crippen LogP contribution in [0, 0.1) is 0 Å². The number of ether oxygens (including phenoxy) is 1. The molecule has 1 aliphatic rings. The second-order valence-electron chi connectivity index (χ2n) is 12.4. The van der Waals surface area contributed by atoms with Crippen molar-refractivity contribution in [2.75, 3.05) is 6.61 Å². The number of thioether (sulfide) groups is 1. The SMILES string of the molecule is CC1(O)OCCCCc2cccc3c(cccc23)CSC(C)(O)c2cccc3ccc(cc23)SSCc2cc1c1ccccc1c2. The van der Waals surface area contributed by atoms with E-state index in [-0.39, 0.29) is 0 Å². The summed E-state index contributed by atoms with van der Waals surface area (Å²) in [4.78, 5) is 0.0747. The Bertz CT molecular complexity index is 2030. The highest BCUT2D eigenvalue weighted by atomic mass is 33.1. The van der Waals surface area contributed by atoms with Crippen molar-refractivity contribution in [1.29, 1.82) is 0 Å². The molecule has 234 valence electrons. The summed E-state index contributed by atoms with van der Waals surface area (Å²) < 4.78 is 6.21. The van der Waals surface area contributed by atoms with Gasteiger partial charge in [-0.05, 0) is 100 Å². The third-order valence-corrected chi connectivity index (χ3v) is 12.5. The molecule has 8 bridgehead atoms. The van der Waals surface area contributed by atoms with E-state index in [4.69, 9.17) is 4.74 Å². The minimum atomic E-state index is -1.40. The Hall–Kier alpha value is -2.97. The van der Waals surface area contributed by atoms with Crippen LogP contribution in [0.25, 0.3) is 32.3 Å². The molecule has 1 aliphatic heterocycles. The zero-order chi connectivity index (χ0) is 31.7. The lowest BCUT2D eigenvalue weighted by Gasteiger charge is -2.26. The molecule has 6 aromatic carbocycles. The van der Waals surface area contributed by atoms with Gasteiger partial charge in [0.2, 0.25) is 0 Å². The lowest BCUT2D eigenvalue weighted by atomic mass is 9.96. The van der Waals surface area contributed by atoms with E-state index in [0.717, 1.165) is 68.1 Å². The topological polar surface area (TPSA) is 49.7 Å². The first-order valence-electron chi connectivity index (χ1n) is 15.9. The monoisotopic (exact) mass is 662 g/mol. The van der Waals surface area contributed by atoms with Gasteiger partial charge in [0.1, 0.15) is 4.93 Å². The lowest BCUT2D eigenvalue weighted by Crippen LogP contribution is -2.26. The van der Waals surface area contributed by atoms with Gasteiger partial charge in [0.25, 0.3) is 0 Å². The largest absolute Gasteiger partial charge is 0.376 e. The number of aryl methyl sites for hydroxylation is 1. The molecule has 7 rings (SSSR count). The molecule has 2 unspecified atom stereocenters. The standard InChI is InChI=1S/C40H38O3S3/c1-39(41)38-23-27(22-30-11-3-4-15-35(30)38)25-45-46-32-20-19-29-13-9-18-37(36(29)24-32)40(2,42)44-26-31-14-8-16-33-28(10-5-6-21-43-39)12-7-17-34(31)33/h3-4,7-9,11-20,22-24,41-42H,5-6,10,21,25-26H2,1-2H3. The van der Waals surface area contributed by atoms with Gasteiger partial charge in [-0.15, -0.1) is 11.8 Å². The van der Waals surface area contributed by atoms with Crippen molar-refractivity contribution in [3.05, 3.63) is 137 Å². The molecule has 6 aromatic rings. The van der Waals surface area contributed by atoms with E-state index in [1.54, 1.807) is 40.3 Å². The molecule has 46 heavy (non-hydrogen) atoms. The third-order valence-electron chi connectivity index (χ3n) is 8.99. The van der Waals surface area contributed by atoms with Crippen molar-refractivity contribution in [3.63, 3.8) is 0 Å². The van der Waals surface area contributed by atoms with Gasteiger partial charge in [-0.2, -0.15) is 0 Å². The molecular formula is C40H38O3S3. The number of aliphatic hydroxyl groups is 2. The molecule has 0 aromatic heterocycles. The van der Waals surface area contributed by atoms with Gasteiger partial charge in [0.15, 0.2) is 5.79 Å². The number of hydrogen-bond donors (Lipinski definition) is 2. The van der Waals surface area contributed by atoms with Gasteiger partial charge >= 0.3 is 0 Å². The Kier molecular flexibility index (Phi) is 9.12. The summed E-state index contributed by atoms with van der Waals surface area (Å²) in [5.41, 5.74) is 5.43. The van der Waals surface area contributed by atoms with Crippen molar-refractivity contribution in [2.24, 2.45) is 0 Å². The highest BCUT2D eigenvalue weighted by Gasteiger charge is 2.28. The van der Waals surface area contributed by atoms with E-state index < -0.39 is 10.7 Å². The van der Waals surface area contributed by atoms with Crippen LogP contribution in [-0.2, 0) is 33.4 Å². The lowest BCUT2D eigenvalue weighted by molar-refractivity contribution is -0.198. The summed E-state index contributed by atoms with van der Waals surface area (Å²) in [6.07, 6.45) is 2.74. The molecule has 0 fully saturated rings. The van der Waals surface area contributed by atoms with Crippen LogP contribution in [0.4, 0.5) is 0 Å².